The summed E-state index contributed by atoms with van der Waals surface area (Å²) < 4.78 is 2.23. The molecule has 0 unspecified atom stereocenters. The molecule has 1 aromatic rings. The molecule has 0 saturated carbocycles. The number of hydrogen-bond donors (Lipinski definition) is 0. The molecule has 0 aliphatic heterocycles. The van der Waals surface area contributed by atoms with Crippen molar-refractivity contribution < 1.29 is 0 Å². The van der Waals surface area contributed by atoms with Crippen molar-refractivity contribution in [3.05, 3.63) is 23.5 Å². The van der Waals surface area contributed by atoms with Crippen LogP contribution in [0.3, 0.4) is 0 Å². The topological polar surface area (TPSA) is 4.93 Å². The highest BCUT2D eigenvalue weighted by Gasteiger charge is 1.98. The van der Waals surface area contributed by atoms with Crippen molar-refractivity contribution in [2.75, 3.05) is 0 Å². The maximum Gasteiger partial charge on any atom is 0.0171 e. The van der Waals surface area contributed by atoms with E-state index in [-0.39, 0.29) is 0 Å². The van der Waals surface area contributed by atoms with Gasteiger partial charge in [0.1, 0.15) is 0 Å². The predicted octanol–water partition coefficient (Wildman–Crippen LogP) is 2.54. The summed E-state index contributed by atoms with van der Waals surface area (Å²) in [5.74, 6) is 0. The molecule has 0 aromatic carbocycles. The largest absolute Gasteiger partial charge is 0.354 e. The zero-order valence-electron chi connectivity index (χ0n) is 7.72. The first-order chi connectivity index (χ1) is 5.27. The molecule has 0 amide bonds. The first-order valence-electron chi connectivity index (χ1n) is 4.42. The Balaban J connectivity index is 2.77. The fraction of sp³-hybridized carbons (Fsp3) is 0.600. The molecule has 0 spiro atoms. The number of aromatic nitrogens is 1. The maximum absolute atomic E-state index is 2.31. The molecule has 1 rings (SSSR count). The van der Waals surface area contributed by atoms with Crippen molar-refractivity contribution in [2.24, 2.45) is 7.05 Å². The van der Waals surface area contributed by atoms with Gasteiger partial charge in [-0.1, -0.05) is 20.3 Å². The van der Waals surface area contributed by atoms with Crippen LogP contribution in [-0.4, -0.2) is 4.57 Å². The predicted molar refractivity (Wildman–Crippen MR) is 48.8 cm³/mol. The zero-order chi connectivity index (χ0) is 8.27. The Bertz CT molecular complexity index is 223. The van der Waals surface area contributed by atoms with Crippen LogP contribution < -0.4 is 0 Å². The first-order valence-corrected chi connectivity index (χ1v) is 4.42. The Morgan fingerprint density at radius 1 is 1.36 bits per heavy atom. The first kappa shape index (κ1) is 8.38. The second kappa shape index (κ2) is 3.61. The minimum atomic E-state index is 1.14. The lowest BCUT2D eigenvalue weighted by molar-refractivity contribution is 0.832. The van der Waals surface area contributed by atoms with Crippen molar-refractivity contribution in [3.63, 3.8) is 0 Å². The molecular weight excluding hydrogens is 134 g/mol. The molecule has 0 aliphatic rings. The van der Waals surface area contributed by atoms with Crippen LogP contribution in [0, 0.1) is 0 Å². The van der Waals surface area contributed by atoms with Gasteiger partial charge in [-0.3, -0.25) is 0 Å². The Kier molecular flexibility index (Phi) is 2.75. The Hall–Kier alpha value is -0.720. The Morgan fingerprint density at radius 2 is 2.09 bits per heavy atom. The molecule has 0 atom stereocenters. The van der Waals surface area contributed by atoms with Gasteiger partial charge >= 0.3 is 0 Å². The molecule has 1 aromatic heterocycles. The molecule has 0 fully saturated rings. The van der Waals surface area contributed by atoms with E-state index in [2.05, 4.69) is 37.7 Å². The fourth-order valence-corrected chi connectivity index (χ4v) is 1.46. The molecule has 0 bridgehead atoms. The summed E-state index contributed by atoms with van der Waals surface area (Å²) in [4.78, 5) is 0. The van der Waals surface area contributed by atoms with Crippen LogP contribution in [0.5, 0.6) is 0 Å². The summed E-state index contributed by atoms with van der Waals surface area (Å²) in [5, 5.41) is 0. The third-order valence-corrected chi connectivity index (χ3v) is 2.07. The van der Waals surface area contributed by atoms with Crippen LogP contribution in [0.2, 0.25) is 0 Å². The molecule has 1 nitrogen and oxygen atoms in total. The van der Waals surface area contributed by atoms with Gasteiger partial charge in [0.15, 0.2) is 0 Å². The highest BCUT2D eigenvalue weighted by atomic mass is 14.9. The van der Waals surface area contributed by atoms with Crippen LogP contribution in [0.4, 0.5) is 0 Å². The van der Waals surface area contributed by atoms with Gasteiger partial charge in [-0.15, -0.1) is 0 Å². The molecule has 62 valence electrons. The van der Waals surface area contributed by atoms with Crippen LogP contribution in [0.1, 0.15) is 31.5 Å². The molecule has 0 saturated heterocycles. The molecule has 11 heavy (non-hydrogen) atoms. The van der Waals surface area contributed by atoms with Crippen LogP contribution in [0.25, 0.3) is 0 Å². The third-order valence-electron chi connectivity index (χ3n) is 2.07. The van der Waals surface area contributed by atoms with E-state index in [4.69, 9.17) is 0 Å². The standard InChI is InChI=1S/C10H17N/c1-4-6-9-7-10(5-2)11(3)8-9/h7-8H,4-6H2,1-3H3. The summed E-state index contributed by atoms with van der Waals surface area (Å²) in [6, 6.07) is 2.31. The zero-order valence-corrected chi connectivity index (χ0v) is 7.72. The van der Waals surface area contributed by atoms with E-state index < -0.39 is 0 Å². The van der Waals surface area contributed by atoms with Gasteiger partial charge in [-0.2, -0.15) is 0 Å². The quantitative estimate of drug-likeness (QED) is 0.625. The van der Waals surface area contributed by atoms with E-state index >= 15 is 0 Å². The van der Waals surface area contributed by atoms with Crippen molar-refractivity contribution in [3.8, 4) is 0 Å². The third kappa shape index (κ3) is 1.86. The Morgan fingerprint density at radius 3 is 2.55 bits per heavy atom. The van der Waals surface area contributed by atoms with E-state index in [1.54, 1.807) is 0 Å². The van der Waals surface area contributed by atoms with Crippen molar-refractivity contribution in [1.82, 2.24) is 4.57 Å². The molecule has 0 N–H and O–H groups in total. The van der Waals surface area contributed by atoms with E-state index in [0.717, 1.165) is 6.42 Å². The molecule has 1 heteroatoms. The minimum Gasteiger partial charge on any atom is -0.354 e. The smallest absolute Gasteiger partial charge is 0.0171 e. The summed E-state index contributed by atoms with van der Waals surface area (Å²) in [5.41, 5.74) is 2.92. The van der Waals surface area contributed by atoms with E-state index in [1.165, 1.54) is 24.1 Å². The fourth-order valence-electron chi connectivity index (χ4n) is 1.46. The average molecular weight is 151 g/mol. The number of rotatable bonds is 3. The van der Waals surface area contributed by atoms with E-state index in [9.17, 15) is 0 Å². The lowest BCUT2D eigenvalue weighted by atomic mass is 10.2. The van der Waals surface area contributed by atoms with E-state index in [1.807, 2.05) is 0 Å². The number of hydrogen-bond acceptors (Lipinski definition) is 0. The molecular formula is C10H17N. The van der Waals surface area contributed by atoms with Gasteiger partial charge in [-0.25, -0.2) is 0 Å². The maximum atomic E-state index is 2.31. The second-order valence-electron chi connectivity index (χ2n) is 3.05. The number of aryl methyl sites for hydroxylation is 3. The van der Waals surface area contributed by atoms with Crippen LogP contribution in [0.15, 0.2) is 12.3 Å². The van der Waals surface area contributed by atoms with Crippen molar-refractivity contribution in [1.29, 1.82) is 0 Å². The summed E-state index contributed by atoms with van der Waals surface area (Å²) in [6.45, 7) is 4.42. The van der Waals surface area contributed by atoms with Gasteiger partial charge in [0.05, 0.1) is 0 Å². The summed E-state index contributed by atoms with van der Waals surface area (Å²) in [7, 11) is 2.12. The molecule has 0 radical (unpaired) electrons. The lowest BCUT2D eigenvalue weighted by Gasteiger charge is -1.95. The highest BCUT2D eigenvalue weighted by molar-refractivity contribution is 5.18. The van der Waals surface area contributed by atoms with Gasteiger partial charge in [0.2, 0.25) is 0 Å². The van der Waals surface area contributed by atoms with Crippen molar-refractivity contribution in [2.45, 2.75) is 33.1 Å². The molecule has 1 heterocycles. The average Bonchev–Trinajstić information content (AvgIpc) is 2.32. The van der Waals surface area contributed by atoms with E-state index in [0.29, 0.717) is 0 Å². The SMILES string of the molecule is CCCc1cc(CC)n(C)c1. The normalized spacial score (nSPS) is 10.5. The Labute approximate surface area is 69.0 Å². The lowest BCUT2D eigenvalue weighted by Crippen LogP contribution is -1.90. The number of nitrogens with zero attached hydrogens (tertiary/aromatic N) is 1. The summed E-state index contributed by atoms with van der Waals surface area (Å²) in [6.07, 6.45) is 5.84. The van der Waals surface area contributed by atoms with Crippen molar-refractivity contribution >= 4 is 0 Å². The van der Waals surface area contributed by atoms with Gasteiger partial charge in [0, 0.05) is 18.9 Å². The highest BCUT2D eigenvalue weighted by Crippen LogP contribution is 2.09. The monoisotopic (exact) mass is 151 g/mol. The van der Waals surface area contributed by atoms with Gasteiger partial charge < -0.3 is 4.57 Å². The van der Waals surface area contributed by atoms with Crippen LogP contribution >= 0.6 is 0 Å². The minimum absolute atomic E-state index is 1.14. The van der Waals surface area contributed by atoms with Gasteiger partial charge in [-0.05, 0) is 24.5 Å². The summed E-state index contributed by atoms with van der Waals surface area (Å²) >= 11 is 0. The molecule has 0 aliphatic carbocycles. The van der Waals surface area contributed by atoms with Gasteiger partial charge in [0.25, 0.3) is 0 Å². The van der Waals surface area contributed by atoms with Crippen LogP contribution in [-0.2, 0) is 19.9 Å². The second-order valence-corrected chi connectivity index (χ2v) is 3.05.